The Kier molecular flexibility index (Phi) is 5.02. The highest BCUT2D eigenvalue weighted by Gasteiger charge is 2.49. The van der Waals surface area contributed by atoms with E-state index in [2.05, 4.69) is 58.8 Å². The number of benzene rings is 1. The summed E-state index contributed by atoms with van der Waals surface area (Å²) in [6, 6.07) is 9.16. The standard InChI is InChI=1S/C17H21FINO2/c1-20-13-6-7-15(20)16(17(21)22-9-8-18)14(10-13)11-2-4-12(19)5-3-11/h2-5,13-16H,6-10H2,1H3/t13?,14-,15?,16+/m1/s1/i18-1. The largest absolute Gasteiger partial charge is 0.463 e. The third-order valence-electron chi connectivity index (χ3n) is 5.16. The van der Waals surface area contributed by atoms with Crippen molar-refractivity contribution in [1.82, 2.24) is 4.90 Å². The molecule has 0 radical (unpaired) electrons. The van der Waals surface area contributed by atoms with Gasteiger partial charge in [0.1, 0.15) is 13.3 Å². The average Bonchev–Trinajstić information content (AvgIpc) is 2.75. The minimum atomic E-state index is -0.615. The molecule has 5 heteroatoms. The molecule has 0 amide bonds. The maximum Gasteiger partial charge on any atom is 0.311 e. The second kappa shape index (κ2) is 6.83. The number of halogens is 2. The number of alkyl halides is 1. The van der Waals surface area contributed by atoms with Crippen molar-refractivity contribution in [2.75, 3.05) is 20.3 Å². The molecule has 2 fully saturated rings. The zero-order valence-corrected chi connectivity index (χ0v) is 14.8. The lowest BCUT2D eigenvalue weighted by Crippen LogP contribution is -2.49. The van der Waals surface area contributed by atoms with E-state index in [0.29, 0.717) is 6.04 Å². The second-order valence-electron chi connectivity index (χ2n) is 6.24. The first-order valence-electron chi connectivity index (χ1n) is 7.82. The van der Waals surface area contributed by atoms with Gasteiger partial charge in [0.2, 0.25) is 0 Å². The number of carbonyl (C=O) groups is 1. The lowest BCUT2D eigenvalue weighted by molar-refractivity contribution is -0.153. The molecule has 0 aromatic heterocycles. The van der Waals surface area contributed by atoms with E-state index in [9.17, 15) is 9.18 Å². The van der Waals surface area contributed by atoms with Crippen LogP contribution in [0.5, 0.6) is 0 Å². The number of fused-ring (bicyclic) bond motifs is 2. The molecular formula is C17H21FINO2. The van der Waals surface area contributed by atoms with Crippen LogP contribution in [0.15, 0.2) is 24.3 Å². The lowest BCUT2D eigenvalue weighted by atomic mass is 9.76. The maximum absolute atomic E-state index is 12.5. The van der Waals surface area contributed by atoms with Crippen molar-refractivity contribution < 1.29 is 13.9 Å². The first kappa shape index (κ1) is 16.2. The summed E-state index contributed by atoms with van der Waals surface area (Å²) in [4.78, 5) is 14.8. The zero-order valence-electron chi connectivity index (χ0n) is 12.7. The van der Waals surface area contributed by atoms with E-state index in [1.807, 2.05) is 0 Å². The molecule has 0 N–H and O–H groups in total. The van der Waals surface area contributed by atoms with Crippen molar-refractivity contribution in [3.05, 3.63) is 33.4 Å². The third kappa shape index (κ3) is 3.02. The van der Waals surface area contributed by atoms with Crippen molar-refractivity contribution in [2.24, 2.45) is 5.92 Å². The predicted octanol–water partition coefficient (Wildman–Crippen LogP) is 3.37. The number of esters is 1. The summed E-state index contributed by atoms with van der Waals surface area (Å²) in [5.74, 6) is -0.244. The summed E-state index contributed by atoms with van der Waals surface area (Å²) < 4.78 is 18.7. The maximum atomic E-state index is 12.5. The molecular weight excluding hydrogens is 395 g/mol. The van der Waals surface area contributed by atoms with Gasteiger partial charge in [-0.25, -0.2) is 4.39 Å². The van der Waals surface area contributed by atoms with Crippen LogP contribution in [-0.4, -0.2) is 43.3 Å². The van der Waals surface area contributed by atoms with Crippen LogP contribution in [0.2, 0.25) is 0 Å². The fourth-order valence-electron chi connectivity index (χ4n) is 4.08. The topological polar surface area (TPSA) is 29.5 Å². The van der Waals surface area contributed by atoms with Gasteiger partial charge in [-0.15, -0.1) is 0 Å². The summed E-state index contributed by atoms with van der Waals surface area (Å²) in [5.41, 5.74) is 1.20. The van der Waals surface area contributed by atoms with Gasteiger partial charge in [-0.2, -0.15) is 0 Å². The molecule has 2 heterocycles. The van der Waals surface area contributed by atoms with Crippen LogP contribution in [0, 0.1) is 9.49 Å². The molecule has 2 unspecified atom stereocenters. The van der Waals surface area contributed by atoms with E-state index in [1.54, 1.807) is 0 Å². The Morgan fingerprint density at radius 2 is 2.09 bits per heavy atom. The molecule has 2 bridgehead atoms. The summed E-state index contributed by atoms with van der Waals surface area (Å²) >= 11 is 2.29. The molecule has 0 saturated carbocycles. The molecule has 4 atom stereocenters. The van der Waals surface area contributed by atoms with Crippen LogP contribution < -0.4 is 0 Å². The van der Waals surface area contributed by atoms with Gasteiger partial charge >= 0.3 is 5.97 Å². The second-order valence-corrected chi connectivity index (χ2v) is 7.49. The molecule has 3 nitrogen and oxygen atoms in total. The van der Waals surface area contributed by atoms with Crippen molar-refractivity contribution >= 4 is 28.6 Å². The van der Waals surface area contributed by atoms with Gasteiger partial charge in [-0.3, -0.25) is 9.69 Å². The number of rotatable bonds is 4. The number of piperidine rings is 1. The number of nitrogens with zero attached hydrogens (tertiary/aromatic N) is 1. The molecule has 0 spiro atoms. The minimum Gasteiger partial charge on any atom is -0.463 e. The van der Waals surface area contributed by atoms with Crippen molar-refractivity contribution in [3.8, 4) is 0 Å². The SMILES string of the molecule is CN1C2CCC1[C@@H](C(=O)OCC[18F])[C@@H](c1ccc(I)cc1)C2. The minimum absolute atomic E-state index is 0.130. The fraction of sp³-hybridized carbons (Fsp3) is 0.588. The van der Waals surface area contributed by atoms with E-state index in [-0.39, 0.29) is 30.5 Å². The van der Waals surface area contributed by atoms with Gasteiger partial charge in [-0.1, -0.05) is 12.1 Å². The molecule has 22 heavy (non-hydrogen) atoms. The Balaban J connectivity index is 1.88. The Morgan fingerprint density at radius 1 is 1.36 bits per heavy atom. The quantitative estimate of drug-likeness (QED) is 0.557. The summed E-state index contributed by atoms with van der Waals surface area (Å²) in [6.45, 7) is -0.746. The normalized spacial score (nSPS) is 31.2. The molecule has 1 aromatic rings. The van der Waals surface area contributed by atoms with Gasteiger partial charge in [0.05, 0.1) is 5.92 Å². The van der Waals surface area contributed by atoms with Gasteiger partial charge in [0.25, 0.3) is 0 Å². The van der Waals surface area contributed by atoms with Gasteiger partial charge in [-0.05, 0) is 66.6 Å². The van der Waals surface area contributed by atoms with Crippen LogP contribution in [-0.2, 0) is 9.53 Å². The summed E-state index contributed by atoms with van der Waals surface area (Å²) in [6.07, 6.45) is 3.13. The van der Waals surface area contributed by atoms with Crippen LogP contribution >= 0.6 is 22.6 Å². The van der Waals surface area contributed by atoms with E-state index >= 15 is 0 Å². The highest BCUT2D eigenvalue weighted by Crippen LogP contribution is 2.46. The Hall–Kier alpha value is -0.690. The summed E-state index contributed by atoms with van der Waals surface area (Å²) in [7, 11) is 2.10. The Morgan fingerprint density at radius 3 is 2.77 bits per heavy atom. The number of hydrogen-bond donors (Lipinski definition) is 0. The first-order valence-corrected chi connectivity index (χ1v) is 8.89. The lowest BCUT2D eigenvalue weighted by Gasteiger charge is -2.41. The summed E-state index contributed by atoms with van der Waals surface area (Å²) in [5, 5.41) is 0. The highest BCUT2D eigenvalue weighted by molar-refractivity contribution is 14.1. The fourth-order valence-corrected chi connectivity index (χ4v) is 4.44. The van der Waals surface area contributed by atoms with Crippen LogP contribution in [0.25, 0.3) is 0 Å². The molecule has 1 aromatic carbocycles. The molecule has 3 rings (SSSR count). The third-order valence-corrected chi connectivity index (χ3v) is 5.88. The van der Waals surface area contributed by atoms with Crippen molar-refractivity contribution in [1.29, 1.82) is 0 Å². The van der Waals surface area contributed by atoms with Crippen molar-refractivity contribution in [2.45, 2.75) is 37.3 Å². The van der Waals surface area contributed by atoms with E-state index < -0.39 is 6.67 Å². The van der Waals surface area contributed by atoms with Crippen LogP contribution in [0.3, 0.4) is 0 Å². The molecule has 2 aliphatic heterocycles. The van der Waals surface area contributed by atoms with Crippen LogP contribution in [0.4, 0.5) is 4.39 Å². The monoisotopic (exact) mass is 416 g/mol. The Labute approximate surface area is 144 Å². The van der Waals surface area contributed by atoms with E-state index in [0.717, 1.165) is 19.3 Å². The molecule has 120 valence electrons. The average molecular weight is 416 g/mol. The Bertz CT molecular complexity index is 536. The van der Waals surface area contributed by atoms with Gasteiger partial charge in [0.15, 0.2) is 0 Å². The van der Waals surface area contributed by atoms with E-state index in [1.165, 1.54) is 9.13 Å². The van der Waals surface area contributed by atoms with E-state index in [4.69, 9.17) is 4.74 Å². The number of ether oxygens (including phenoxy) is 1. The molecule has 2 aliphatic rings. The smallest absolute Gasteiger partial charge is 0.311 e. The zero-order chi connectivity index (χ0) is 15.7. The molecule has 0 aliphatic carbocycles. The van der Waals surface area contributed by atoms with Crippen LogP contribution in [0.1, 0.15) is 30.7 Å². The highest BCUT2D eigenvalue weighted by atomic mass is 127. The molecule has 2 saturated heterocycles. The predicted molar refractivity (Wildman–Crippen MR) is 91.5 cm³/mol. The van der Waals surface area contributed by atoms with Crippen molar-refractivity contribution in [3.63, 3.8) is 0 Å². The number of carbonyl (C=O) groups excluding carboxylic acids is 1. The first-order chi connectivity index (χ1) is 10.6. The number of hydrogen-bond acceptors (Lipinski definition) is 3. The van der Waals surface area contributed by atoms with Gasteiger partial charge < -0.3 is 4.74 Å². The van der Waals surface area contributed by atoms with Gasteiger partial charge in [0, 0.05) is 21.6 Å².